The third-order valence-corrected chi connectivity index (χ3v) is 4.65. The molecule has 2 N–H and O–H groups in total. The maximum atomic E-state index is 12.4. The first-order valence-electron chi connectivity index (χ1n) is 8.25. The molecule has 0 unspecified atom stereocenters. The van der Waals surface area contributed by atoms with E-state index in [1.807, 2.05) is 20.8 Å². The molecule has 0 saturated heterocycles. The number of allylic oxidation sites excluding steroid dienone is 4. The Morgan fingerprint density at radius 3 is 1.64 bits per heavy atom. The number of hydrogen-bond acceptors (Lipinski definition) is 4. The topological polar surface area (TPSA) is 74.6 Å². The van der Waals surface area contributed by atoms with Gasteiger partial charge in [-0.15, -0.1) is 0 Å². The van der Waals surface area contributed by atoms with Crippen LogP contribution in [0.2, 0.25) is 0 Å². The number of carbonyl (C=O) groups excluding carboxylic acids is 2. The van der Waals surface area contributed by atoms with Crippen LogP contribution in [-0.2, 0) is 9.59 Å². The minimum absolute atomic E-state index is 0.0820. The lowest BCUT2D eigenvalue weighted by molar-refractivity contribution is -0.118. The Bertz CT molecular complexity index is 495. The molecule has 0 radical (unpaired) electrons. The predicted octanol–water partition coefficient (Wildman–Crippen LogP) is 4.02. The van der Waals surface area contributed by atoms with Gasteiger partial charge in [-0.05, 0) is 18.3 Å². The Hall–Kier alpha value is -1.58. The zero-order valence-corrected chi connectivity index (χ0v) is 13.7. The van der Waals surface area contributed by atoms with Crippen LogP contribution in [0.4, 0.5) is 0 Å². The molecule has 0 aromatic carbocycles. The molecular formula is C18H26O4. The highest BCUT2D eigenvalue weighted by Gasteiger charge is 2.37. The molecule has 4 nitrogen and oxygen atoms in total. The van der Waals surface area contributed by atoms with E-state index >= 15 is 0 Å². The summed E-state index contributed by atoms with van der Waals surface area (Å²) in [7, 11) is 0. The number of hydrogen-bond donors (Lipinski definition) is 2. The summed E-state index contributed by atoms with van der Waals surface area (Å²) in [5.74, 6) is -0.151. The first kappa shape index (κ1) is 16.8. The van der Waals surface area contributed by atoms with Crippen LogP contribution in [0.5, 0.6) is 0 Å². The second-order valence-corrected chi connectivity index (χ2v) is 6.94. The molecule has 22 heavy (non-hydrogen) atoms. The van der Waals surface area contributed by atoms with Gasteiger partial charge in [0.2, 0.25) is 0 Å². The van der Waals surface area contributed by atoms with Gasteiger partial charge in [0.15, 0.2) is 11.6 Å². The molecular weight excluding hydrogens is 280 g/mol. The smallest absolute Gasteiger partial charge is 0.163 e. The minimum atomic E-state index is -0.454. The van der Waals surface area contributed by atoms with Crippen molar-refractivity contribution in [2.45, 2.75) is 59.3 Å². The lowest BCUT2D eigenvalue weighted by Gasteiger charge is -2.30. The summed E-state index contributed by atoms with van der Waals surface area (Å²) in [5.41, 5.74) is 0.730. The molecule has 0 heterocycles. The molecule has 0 fully saturated rings. The summed E-state index contributed by atoms with van der Waals surface area (Å²) in [6, 6.07) is 0. The van der Waals surface area contributed by atoms with Gasteiger partial charge >= 0.3 is 0 Å². The molecule has 2 aliphatic carbocycles. The number of rotatable bonds is 4. The summed E-state index contributed by atoms with van der Waals surface area (Å²) >= 11 is 0. The van der Waals surface area contributed by atoms with Gasteiger partial charge < -0.3 is 10.2 Å². The van der Waals surface area contributed by atoms with Gasteiger partial charge in [0.25, 0.3) is 0 Å². The van der Waals surface area contributed by atoms with Crippen molar-refractivity contribution in [2.24, 2.45) is 17.8 Å². The minimum Gasteiger partial charge on any atom is -0.512 e. The number of ketones is 2. The van der Waals surface area contributed by atoms with Crippen LogP contribution in [0, 0.1) is 17.8 Å². The Kier molecular flexibility index (Phi) is 5.09. The fourth-order valence-electron chi connectivity index (χ4n) is 3.71. The number of aliphatic hydroxyl groups excluding tert-OH is 2. The average Bonchev–Trinajstić information content (AvgIpc) is 2.36. The standard InChI is InChI=1S/C18H26O4/c1-4-5-12(17-13(19)6-10(2)7-14(17)20)18-15(21)8-11(3)9-16(18)22/h10-12,19,21H,4-9H2,1-3H3/t10-,11-/m1/s1. The maximum Gasteiger partial charge on any atom is 0.163 e. The van der Waals surface area contributed by atoms with Crippen molar-refractivity contribution in [3.63, 3.8) is 0 Å². The monoisotopic (exact) mass is 306 g/mol. The quantitative estimate of drug-likeness (QED) is 0.822. The third-order valence-electron chi connectivity index (χ3n) is 4.65. The van der Waals surface area contributed by atoms with Crippen molar-refractivity contribution < 1.29 is 19.8 Å². The van der Waals surface area contributed by atoms with Crippen LogP contribution in [0.25, 0.3) is 0 Å². The molecule has 2 atom stereocenters. The van der Waals surface area contributed by atoms with Gasteiger partial charge in [-0.2, -0.15) is 0 Å². The molecule has 0 aromatic rings. The molecule has 122 valence electrons. The van der Waals surface area contributed by atoms with Crippen molar-refractivity contribution in [1.82, 2.24) is 0 Å². The molecule has 4 heteroatoms. The summed E-state index contributed by atoms with van der Waals surface area (Å²) in [6.45, 7) is 5.85. The van der Waals surface area contributed by atoms with E-state index in [0.29, 0.717) is 43.3 Å². The van der Waals surface area contributed by atoms with E-state index < -0.39 is 5.92 Å². The fraction of sp³-hybridized carbons (Fsp3) is 0.667. The molecule has 2 rings (SSSR count). The second kappa shape index (κ2) is 6.67. The Labute approximate surface area is 131 Å². The maximum absolute atomic E-state index is 12.4. The largest absolute Gasteiger partial charge is 0.512 e. The summed E-state index contributed by atoms with van der Waals surface area (Å²) in [4.78, 5) is 24.8. The van der Waals surface area contributed by atoms with Crippen LogP contribution in [-0.4, -0.2) is 21.8 Å². The van der Waals surface area contributed by atoms with Crippen molar-refractivity contribution in [1.29, 1.82) is 0 Å². The zero-order valence-electron chi connectivity index (χ0n) is 13.7. The first-order valence-corrected chi connectivity index (χ1v) is 8.25. The molecule has 0 bridgehead atoms. The van der Waals surface area contributed by atoms with E-state index in [4.69, 9.17) is 0 Å². The summed E-state index contributed by atoms with van der Waals surface area (Å²) < 4.78 is 0. The SMILES string of the molecule is CCCC(C1=C(O)C[C@@H](C)CC1=O)C1=C(O)C[C@@H](C)CC1=O. The Balaban J connectivity index is 2.47. The highest BCUT2D eigenvalue weighted by atomic mass is 16.3. The Morgan fingerprint density at radius 2 is 1.32 bits per heavy atom. The van der Waals surface area contributed by atoms with Crippen LogP contribution < -0.4 is 0 Å². The number of aliphatic hydroxyl groups is 2. The molecule has 0 saturated carbocycles. The van der Waals surface area contributed by atoms with Crippen molar-refractivity contribution in [2.75, 3.05) is 0 Å². The normalized spacial score (nSPS) is 27.1. The molecule has 0 spiro atoms. The van der Waals surface area contributed by atoms with Crippen LogP contribution >= 0.6 is 0 Å². The van der Waals surface area contributed by atoms with E-state index in [-0.39, 0.29) is 34.9 Å². The summed E-state index contributed by atoms with van der Waals surface area (Å²) in [5, 5.41) is 20.6. The van der Waals surface area contributed by atoms with Gasteiger partial charge in [-0.3, -0.25) is 9.59 Å². The molecule has 0 amide bonds. The highest BCUT2D eigenvalue weighted by molar-refractivity contribution is 6.03. The van der Waals surface area contributed by atoms with Crippen LogP contribution in [0.15, 0.2) is 22.7 Å². The zero-order chi connectivity index (χ0) is 16.4. The molecule has 2 aliphatic rings. The van der Waals surface area contributed by atoms with Crippen molar-refractivity contribution >= 4 is 11.6 Å². The van der Waals surface area contributed by atoms with E-state index in [0.717, 1.165) is 6.42 Å². The summed E-state index contributed by atoms with van der Waals surface area (Å²) in [6.07, 6.45) is 3.12. The van der Waals surface area contributed by atoms with Crippen molar-refractivity contribution in [3.05, 3.63) is 22.7 Å². The third kappa shape index (κ3) is 3.26. The van der Waals surface area contributed by atoms with Crippen LogP contribution in [0.3, 0.4) is 0 Å². The van der Waals surface area contributed by atoms with Gasteiger partial charge in [-0.1, -0.05) is 27.2 Å². The lowest BCUT2D eigenvalue weighted by atomic mass is 9.73. The van der Waals surface area contributed by atoms with E-state index in [2.05, 4.69) is 0 Å². The first-order chi connectivity index (χ1) is 10.3. The van der Waals surface area contributed by atoms with E-state index in [9.17, 15) is 19.8 Å². The van der Waals surface area contributed by atoms with Gasteiger partial charge in [0, 0.05) is 42.7 Å². The lowest BCUT2D eigenvalue weighted by Crippen LogP contribution is -2.30. The number of carbonyl (C=O) groups is 2. The fourth-order valence-corrected chi connectivity index (χ4v) is 3.71. The predicted molar refractivity (Wildman–Crippen MR) is 84.5 cm³/mol. The van der Waals surface area contributed by atoms with Crippen LogP contribution in [0.1, 0.15) is 59.3 Å². The average molecular weight is 306 g/mol. The van der Waals surface area contributed by atoms with E-state index in [1.54, 1.807) is 0 Å². The molecule has 0 aliphatic heterocycles. The Morgan fingerprint density at radius 1 is 0.909 bits per heavy atom. The second-order valence-electron chi connectivity index (χ2n) is 6.94. The highest BCUT2D eigenvalue weighted by Crippen LogP contribution is 2.39. The van der Waals surface area contributed by atoms with Gasteiger partial charge in [0.1, 0.15) is 0 Å². The molecule has 0 aromatic heterocycles. The van der Waals surface area contributed by atoms with Gasteiger partial charge in [-0.25, -0.2) is 0 Å². The number of Topliss-reactive ketones (excluding diaryl/α,β-unsaturated/α-hetero) is 2. The van der Waals surface area contributed by atoms with E-state index in [1.165, 1.54) is 0 Å². The van der Waals surface area contributed by atoms with Gasteiger partial charge in [0.05, 0.1) is 11.5 Å². The van der Waals surface area contributed by atoms with Crippen molar-refractivity contribution in [3.8, 4) is 0 Å².